The van der Waals surface area contributed by atoms with Crippen LogP contribution in [0, 0.1) is 17.2 Å². The van der Waals surface area contributed by atoms with Gasteiger partial charge in [0.15, 0.2) is 5.25 Å². The third-order valence-electron chi connectivity index (χ3n) is 2.98. The predicted octanol–water partition coefficient (Wildman–Crippen LogP) is 1.40. The minimum Gasteiger partial charge on any atom is -0.214 e. The van der Waals surface area contributed by atoms with Gasteiger partial charge in [-0.2, -0.15) is 5.26 Å². The summed E-state index contributed by atoms with van der Waals surface area (Å²) in [6, 6.07) is 1.73. The number of nitriles is 1. The topological polar surface area (TPSA) is 70.0 Å². The fraction of sp³-hybridized carbons (Fsp3) is 0.900. The molecule has 15 heavy (non-hydrogen) atoms. The maximum absolute atomic E-state index is 11.4. The first-order chi connectivity index (χ1) is 7.06. The van der Waals surface area contributed by atoms with Gasteiger partial charge in [-0.1, -0.05) is 25.7 Å². The van der Waals surface area contributed by atoms with Crippen LogP contribution >= 0.6 is 0 Å². The summed E-state index contributed by atoms with van der Waals surface area (Å²) in [4.78, 5) is 0. The highest BCUT2D eigenvalue weighted by Gasteiger charge is 2.20. The van der Waals surface area contributed by atoms with Gasteiger partial charge in [0.2, 0.25) is 10.0 Å². The standard InChI is InChI=1S/C10H18N2O2S/c1-9(8-11)15(13,14)12-7-6-10-4-2-3-5-10/h9-10,12H,2-7H2,1H3. The van der Waals surface area contributed by atoms with Crippen LogP contribution in [0.25, 0.3) is 0 Å². The maximum atomic E-state index is 11.4. The summed E-state index contributed by atoms with van der Waals surface area (Å²) in [6.45, 7) is 1.87. The van der Waals surface area contributed by atoms with Crippen LogP contribution in [-0.2, 0) is 10.0 Å². The van der Waals surface area contributed by atoms with Gasteiger partial charge in [-0.15, -0.1) is 0 Å². The molecule has 86 valence electrons. The fourth-order valence-corrected chi connectivity index (χ4v) is 2.69. The number of nitrogens with one attached hydrogen (secondary N) is 1. The average molecular weight is 230 g/mol. The molecule has 1 saturated carbocycles. The molecule has 1 atom stereocenters. The third-order valence-corrected chi connectivity index (χ3v) is 4.62. The average Bonchev–Trinajstić information content (AvgIpc) is 2.69. The lowest BCUT2D eigenvalue weighted by molar-refractivity contribution is 0.495. The number of rotatable bonds is 5. The van der Waals surface area contributed by atoms with Crippen LogP contribution in [0.1, 0.15) is 39.0 Å². The number of hydrogen-bond donors (Lipinski definition) is 1. The van der Waals surface area contributed by atoms with Crippen molar-refractivity contribution >= 4 is 10.0 Å². The van der Waals surface area contributed by atoms with Gasteiger partial charge in [-0.25, -0.2) is 13.1 Å². The fourth-order valence-electron chi connectivity index (χ4n) is 1.90. The van der Waals surface area contributed by atoms with E-state index in [1.54, 1.807) is 6.07 Å². The zero-order chi connectivity index (χ0) is 11.3. The number of nitrogens with zero attached hydrogens (tertiary/aromatic N) is 1. The molecular weight excluding hydrogens is 212 g/mol. The highest BCUT2D eigenvalue weighted by molar-refractivity contribution is 7.90. The Morgan fingerprint density at radius 3 is 2.60 bits per heavy atom. The van der Waals surface area contributed by atoms with Crippen LogP contribution in [0.15, 0.2) is 0 Å². The molecule has 1 unspecified atom stereocenters. The number of sulfonamides is 1. The van der Waals surface area contributed by atoms with Gasteiger partial charge in [-0.05, 0) is 19.3 Å². The van der Waals surface area contributed by atoms with Crippen molar-refractivity contribution in [3.8, 4) is 6.07 Å². The normalized spacial score (nSPS) is 20.0. The quantitative estimate of drug-likeness (QED) is 0.776. The summed E-state index contributed by atoms with van der Waals surface area (Å²) >= 11 is 0. The van der Waals surface area contributed by atoms with E-state index in [-0.39, 0.29) is 0 Å². The molecule has 1 rings (SSSR count). The predicted molar refractivity (Wildman–Crippen MR) is 58.6 cm³/mol. The SMILES string of the molecule is CC(C#N)S(=O)(=O)NCCC1CCCC1. The summed E-state index contributed by atoms with van der Waals surface area (Å²) < 4.78 is 25.3. The summed E-state index contributed by atoms with van der Waals surface area (Å²) in [5.74, 6) is 0.671. The smallest absolute Gasteiger partial charge is 0.214 e. The van der Waals surface area contributed by atoms with Gasteiger partial charge in [0, 0.05) is 6.54 Å². The first-order valence-corrected chi connectivity index (χ1v) is 6.99. The molecule has 1 aliphatic rings. The van der Waals surface area contributed by atoms with Gasteiger partial charge in [0.1, 0.15) is 0 Å². The van der Waals surface area contributed by atoms with E-state index in [1.807, 2.05) is 0 Å². The van der Waals surface area contributed by atoms with E-state index in [1.165, 1.54) is 32.6 Å². The Kier molecular flexibility index (Phi) is 4.55. The summed E-state index contributed by atoms with van der Waals surface area (Å²) in [7, 11) is -3.41. The van der Waals surface area contributed by atoms with Crippen molar-refractivity contribution in [3.05, 3.63) is 0 Å². The lowest BCUT2D eigenvalue weighted by atomic mass is 10.1. The van der Waals surface area contributed by atoms with E-state index in [9.17, 15) is 8.42 Å². The highest BCUT2D eigenvalue weighted by atomic mass is 32.2. The largest absolute Gasteiger partial charge is 0.227 e. The van der Waals surface area contributed by atoms with Crippen molar-refractivity contribution in [2.24, 2.45) is 5.92 Å². The molecule has 5 heteroatoms. The van der Waals surface area contributed by atoms with Gasteiger partial charge < -0.3 is 0 Å². The maximum Gasteiger partial charge on any atom is 0.227 e. The van der Waals surface area contributed by atoms with Gasteiger partial charge in [0.05, 0.1) is 6.07 Å². The number of hydrogen-bond acceptors (Lipinski definition) is 3. The highest BCUT2D eigenvalue weighted by Crippen LogP contribution is 2.26. The second kappa shape index (κ2) is 5.47. The van der Waals surface area contributed by atoms with E-state index in [2.05, 4.69) is 4.72 Å². The van der Waals surface area contributed by atoms with Gasteiger partial charge in [0.25, 0.3) is 0 Å². The second-order valence-corrected chi connectivity index (χ2v) is 6.24. The molecule has 0 aliphatic heterocycles. The van der Waals surface area contributed by atoms with Crippen molar-refractivity contribution in [2.75, 3.05) is 6.54 Å². The summed E-state index contributed by atoms with van der Waals surface area (Å²) in [6.07, 6.45) is 5.88. The molecule has 0 aromatic carbocycles. The Morgan fingerprint density at radius 2 is 2.07 bits per heavy atom. The first-order valence-electron chi connectivity index (χ1n) is 5.44. The van der Waals surface area contributed by atoms with Crippen LogP contribution in [0.4, 0.5) is 0 Å². The van der Waals surface area contributed by atoms with Crippen LogP contribution < -0.4 is 4.72 Å². The molecule has 0 aromatic heterocycles. The van der Waals surface area contributed by atoms with Crippen LogP contribution in [0.2, 0.25) is 0 Å². The Labute approximate surface area is 91.7 Å². The molecule has 0 heterocycles. The van der Waals surface area contributed by atoms with E-state index in [0.717, 1.165) is 6.42 Å². The van der Waals surface area contributed by atoms with E-state index in [4.69, 9.17) is 5.26 Å². The molecule has 0 radical (unpaired) electrons. The molecule has 0 bridgehead atoms. The molecule has 1 aliphatic carbocycles. The van der Waals surface area contributed by atoms with Gasteiger partial charge in [-0.3, -0.25) is 0 Å². The summed E-state index contributed by atoms with van der Waals surface area (Å²) in [5.41, 5.74) is 0. The van der Waals surface area contributed by atoms with E-state index >= 15 is 0 Å². The van der Waals surface area contributed by atoms with Crippen molar-refractivity contribution in [2.45, 2.75) is 44.3 Å². The van der Waals surface area contributed by atoms with E-state index < -0.39 is 15.3 Å². The molecule has 0 saturated heterocycles. The monoisotopic (exact) mass is 230 g/mol. The molecule has 0 amide bonds. The summed E-state index contributed by atoms with van der Waals surface area (Å²) in [5, 5.41) is 7.55. The van der Waals surface area contributed by atoms with Gasteiger partial charge >= 0.3 is 0 Å². The van der Waals surface area contributed by atoms with Crippen LogP contribution in [0.3, 0.4) is 0 Å². The lowest BCUT2D eigenvalue weighted by Gasteiger charge is -2.11. The first kappa shape index (κ1) is 12.5. The Hall–Kier alpha value is -0.600. The molecule has 1 N–H and O–H groups in total. The Morgan fingerprint density at radius 1 is 1.47 bits per heavy atom. The van der Waals surface area contributed by atoms with Crippen LogP contribution in [0.5, 0.6) is 0 Å². The Bertz CT molecular complexity index is 326. The van der Waals surface area contributed by atoms with Crippen molar-refractivity contribution in [3.63, 3.8) is 0 Å². The molecule has 4 nitrogen and oxygen atoms in total. The third kappa shape index (κ3) is 3.80. The lowest BCUT2D eigenvalue weighted by Crippen LogP contribution is -2.32. The second-order valence-electron chi connectivity index (χ2n) is 4.15. The van der Waals surface area contributed by atoms with Crippen molar-refractivity contribution < 1.29 is 8.42 Å². The molecule has 0 aromatic rings. The minimum atomic E-state index is -3.41. The van der Waals surface area contributed by atoms with E-state index in [0.29, 0.717) is 12.5 Å². The Balaban J connectivity index is 2.27. The molecule has 0 spiro atoms. The molecule has 1 fully saturated rings. The molecular formula is C10H18N2O2S. The van der Waals surface area contributed by atoms with Crippen LogP contribution in [-0.4, -0.2) is 20.2 Å². The minimum absolute atomic E-state index is 0.471. The van der Waals surface area contributed by atoms with Crippen molar-refractivity contribution in [1.82, 2.24) is 4.72 Å². The zero-order valence-corrected chi connectivity index (χ0v) is 9.89. The van der Waals surface area contributed by atoms with Crippen molar-refractivity contribution in [1.29, 1.82) is 5.26 Å². The zero-order valence-electron chi connectivity index (χ0n) is 9.07.